The summed E-state index contributed by atoms with van der Waals surface area (Å²) in [4.78, 5) is 7.72. The van der Waals surface area contributed by atoms with Crippen LogP contribution < -0.4 is 0 Å². The minimum absolute atomic E-state index is 0.573. The van der Waals surface area contributed by atoms with Crippen molar-refractivity contribution in [3.63, 3.8) is 0 Å². The first-order valence-electron chi connectivity index (χ1n) is 6.82. The molecule has 2 heterocycles. The van der Waals surface area contributed by atoms with Gasteiger partial charge in [0.2, 0.25) is 0 Å². The van der Waals surface area contributed by atoms with E-state index in [2.05, 4.69) is 16.9 Å². The van der Waals surface area contributed by atoms with E-state index < -0.39 is 6.10 Å². The van der Waals surface area contributed by atoms with E-state index in [0.29, 0.717) is 6.42 Å². The van der Waals surface area contributed by atoms with Gasteiger partial charge in [-0.2, -0.15) is 0 Å². The van der Waals surface area contributed by atoms with Crippen LogP contribution in [0, 0.1) is 13.8 Å². The van der Waals surface area contributed by atoms with Crippen molar-refractivity contribution in [1.29, 1.82) is 0 Å². The Morgan fingerprint density at radius 3 is 2.65 bits per heavy atom. The van der Waals surface area contributed by atoms with E-state index in [-0.39, 0.29) is 0 Å². The number of aromatic amines is 1. The molecular weight excluding hydrogens is 248 g/mol. The van der Waals surface area contributed by atoms with Crippen LogP contribution in [0.1, 0.15) is 28.6 Å². The smallest absolute Gasteiger partial charge is 0.102 e. The van der Waals surface area contributed by atoms with Gasteiger partial charge in [0.25, 0.3) is 0 Å². The number of aliphatic hydroxyl groups excluding tert-OH is 1. The van der Waals surface area contributed by atoms with Crippen molar-refractivity contribution in [2.24, 2.45) is 0 Å². The lowest BCUT2D eigenvalue weighted by Gasteiger charge is -2.11. The molecule has 102 valence electrons. The van der Waals surface area contributed by atoms with E-state index >= 15 is 0 Å². The number of hydrogen-bond donors (Lipinski definition) is 2. The third-order valence-electron chi connectivity index (χ3n) is 3.85. The van der Waals surface area contributed by atoms with Crippen molar-refractivity contribution >= 4 is 10.9 Å². The first kappa shape index (κ1) is 12.9. The van der Waals surface area contributed by atoms with Crippen molar-refractivity contribution in [3.8, 4) is 0 Å². The fraction of sp³-hybridized carbons (Fsp3) is 0.235. The maximum absolute atomic E-state index is 10.5. The predicted octanol–water partition coefficient (Wildman–Crippen LogP) is 3.46. The summed E-state index contributed by atoms with van der Waals surface area (Å²) in [5, 5.41) is 11.6. The van der Waals surface area contributed by atoms with Gasteiger partial charge in [-0.3, -0.25) is 4.98 Å². The normalized spacial score (nSPS) is 12.8. The SMILES string of the molecule is Cc1[nH]c2c(C(O)Cc3ccccc3)nccc2c1C. The molecule has 0 bridgehead atoms. The molecule has 0 spiro atoms. The first-order chi connectivity index (χ1) is 9.66. The number of aryl methyl sites for hydroxylation is 2. The molecule has 1 unspecified atom stereocenters. The fourth-order valence-electron chi connectivity index (χ4n) is 2.59. The molecule has 1 aromatic carbocycles. The number of nitrogens with zero attached hydrogens (tertiary/aromatic N) is 1. The van der Waals surface area contributed by atoms with Gasteiger partial charge in [-0.25, -0.2) is 0 Å². The molecule has 2 N–H and O–H groups in total. The number of benzene rings is 1. The topological polar surface area (TPSA) is 48.9 Å². The van der Waals surface area contributed by atoms with E-state index in [4.69, 9.17) is 0 Å². The van der Waals surface area contributed by atoms with Crippen LogP contribution in [0.2, 0.25) is 0 Å². The van der Waals surface area contributed by atoms with Gasteiger partial charge in [-0.15, -0.1) is 0 Å². The lowest BCUT2D eigenvalue weighted by molar-refractivity contribution is 0.175. The summed E-state index contributed by atoms with van der Waals surface area (Å²) in [7, 11) is 0. The van der Waals surface area contributed by atoms with Crippen LogP contribution in [0.4, 0.5) is 0 Å². The summed E-state index contributed by atoms with van der Waals surface area (Å²) < 4.78 is 0. The molecular formula is C17H18N2O. The average Bonchev–Trinajstić information content (AvgIpc) is 2.75. The monoisotopic (exact) mass is 266 g/mol. The van der Waals surface area contributed by atoms with Gasteiger partial charge >= 0.3 is 0 Å². The second kappa shape index (κ2) is 5.10. The summed E-state index contributed by atoms with van der Waals surface area (Å²) >= 11 is 0. The molecule has 3 rings (SSSR count). The van der Waals surface area contributed by atoms with Gasteiger partial charge in [0.1, 0.15) is 6.10 Å². The minimum Gasteiger partial charge on any atom is -0.386 e. The fourth-order valence-corrected chi connectivity index (χ4v) is 2.59. The molecule has 0 fully saturated rings. The highest BCUT2D eigenvalue weighted by atomic mass is 16.3. The number of nitrogens with one attached hydrogen (secondary N) is 1. The van der Waals surface area contributed by atoms with Crippen LogP contribution in [-0.2, 0) is 6.42 Å². The Morgan fingerprint density at radius 2 is 1.90 bits per heavy atom. The Kier molecular flexibility index (Phi) is 3.28. The maximum atomic E-state index is 10.5. The van der Waals surface area contributed by atoms with Crippen LogP contribution in [0.15, 0.2) is 42.6 Å². The number of pyridine rings is 1. The zero-order valence-corrected chi connectivity index (χ0v) is 11.7. The number of fused-ring (bicyclic) bond motifs is 1. The molecule has 0 aliphatic rings. The second-order valence-corrected chi connectivity index (χ2v) is 5.20. The van der Waals surface area contributed by atoms with Gasteiger partial charge in [0.05, 0.1) is 11.2 Å². The lowest BCUT2D eigenvalue weighted by Crippen LogP contribution is -2.05. The average molecular weight is 266 g/mol. The lowest BCUT2D eigenvalue weighted by atomic mass is 10.0. The van der Waals surface area contributed by atoms with Gasteiger partial charge in [-0.05, 0) is 31.0 Å². The minimum atomic E-state index is -0.599. The van der Waals surface area contributed by atoms with Crippen LogP contribution in [0.5, 0.6) is 0 Å². The molecule has 3 aromatic rings. The zero-order chi connectivity index (χ0) is 14.1. The number of rotatable bonds is 3. The summed E-state index contributed by atoms with van der Waals surface area (Å²) in [6, 6.07) is 12.0. The molecule has 0 radical (unpaired) electrons. The number of H-pyrrole nitrogens is 1. The van der Waals surface area contributed by atoms with Crippen molar-refractivity contribution in [3.05, 3.63) is 65.1 Å². The van der Waals surface area contributed by atoms with Crippen LogP contribution in [0.3, 0.4) is 0 Å². The molecule has 20 heavy (non-hydrogen) atoms. The van der Waals surface area contributed by atoms with Gasteiger partial charge < -0.3 is 10.1 Å². The van der Waals surface area contributed by atoms with Gasteiger partial charge in [-0.1, -0.05) is 30.3 Å². The highest BCUT2D eigenvalue weighted by Gasteiger charge is 2.16. The van der Waals surface area contributed by atoms with Gasteiger partial charge in [0, 0.05) is 23.7 Å². The summed E-state index contributed by atoms with van der Waals surface area (Å²) in [6.45, 7) is 4.13. The third-order valence-corrected chi connectivity index (χ3v) is 3.85. The largest absolute Gasteiger partial charge is 0.386 e. The van der Waals surface area contributed by atoms with Gasteiger partial charge in [0.15, 0.2) is 0 Å². The van der Waals surface area contributed by atoms with Crippen molar-refractivity contribution in [2.45, 2.75) is 26.4 Å². The maximum Gasteiger partial charge on any atom is 0.102 e. The molecule has 0 saturated heterocycles. The van der Waals surface area contributed by atoms with E-state index in [9.17, 15) is 5.11 Å². The summed E-state index contributed by atoms with van der Waals surface area (Å²) in [5.74, 6) is 0. The number of aromatic nitrogens is 2. The van der Waals surface area contributed by atoms with Crippen LogP contribution in [-0.4, -0.2) is 15.1 Å². The Morgan fingerprint density at radius 1 is 1.15 bits per heavy atom. The molecule has 1 atom stereocenters. The third kappa shape index (κ3) is 2.21. The Labute approximate surface area is 118 Å². The number of aliphatic hydroxyl groups is 1. The quantitative estimate of drug-likeness (QED) is 0.762. The van der Waals surface area contributed by atoms with E-state index in [1.165, 1.54) is 5.56 Å². The molecule has 3 heteroatoms. The molecule has 0 aliphatic heterocycles. The molecule has 0 saturated carbocycles. The van der Waals surface area contributed by atoms with Crippen LogP contribution in [0.25, 0.3) is 10.9 Å². The van der Waals surface area contributed by atoms with Crippen molar-refractivity contribution in [1.82, 2.24) is 9.97 Å². The highest BCUT2D eigenvalue weighted by molar-refractivity contribution is 5.86. The first-order valence-corrected chi connectivity index (χ1v) is 6.82. The Hall–Kier alpha value is -2.13. The highest BCUT2D eigenvalue weighted by Crippen LogP contribution is 2.27. The van der Waals surface area contributed by atoms with Crippen molar-refractivity contribution < 1.29 is 5.11 Å². The Bertz CT molecular complexity index is 731. The van der Waals surface area contributed by atoms with Crippen LogP contribution >= 0.6 is 0 Å². The molecule has 3 nitrogen and oxygen atoms in total. The number of hydrogen-bond acceptors (Lipinski definition) is 2. The second-order valence-electron chi connectivity index (χ2n) is 5.20. The van der Waals surface area contributed by atoms with E-state index in [0.717, 1.165) is 27.9 Å². The summed E-state index contributed by atoms with van der Waals surface area (Å²) in [6.07, 6.45) is 1.74. The van der Waals surface area contributed by atoms with E-state index in [1.54, 1.807) is 6.20 Å². The Balaban J connectivity index is 1.99. The predicted molar refractivity (Wildman–Crippen MR) is 80.7 cm³/mol. The van der Waals surface area contributed by atoms with E-state index in [1.807, 2.05) is 43.3 Å². The van der Waals surface area contributed by atoms with Crippen molar-refractivity contribution in [2.75, 3.05) is 0 Å². The molecule has 0 amide bonds. The zero-order valence-electron chi connectivity index (χ0n) is 11.7. The standard InChI is InChI=1S/C17H18N2O/c1-11-12(2)19-16-14(11)8-9-18-17(16)15(20)10-13-6-4-3-5-7-13/h3-9,15,19-20H,10H2,1-2H3. The molecule has 2 aromatic heterocycles. The molecule has 0 aliphatic carbocycles. The summed E-state index contributed by atoms with van der Waals surface area (Å²) in [5.41, 5.74) is 5.13.